The van der Waals surface area contributed by atoms with Crippen LogP contribution in [0.3, 0.4) is 0 Å². The van der Waals surface area contributed by atoms with Crippen LogP contribution in [0.25, 0.3) is 0 Å². The Labute approximate surface area is 65.6 Å². The Bertz CT molecular complexity index is 252. The van der Waals surface area contributed by atoms with Gasteiger partial charge in [0.15, 0.2) is 0 Å². The van der Waals surface area contributed by atoms with Crippen LogP contribution in [-0.4, -0.2) is 5.16 Å². The van der Waals surface area contributed by atoms with Crippen molar-refractivity contribution in [1.82, 2.24) is 5.16 Å². The van der Waals surface area contributed by atoms with E-state index in [-0.39, 0.29) is 0 Å². The van der Waals surface area contributed by atoms with Crippen LogP contribution >= 0.6 is 0 Å². The third-order valence-electron chi connectivity index (χ3n) is 2.34. The van der Waals surface area contributed by atoms with E-state index in [4.69, 9.17) is 10.3 Å². The maximum atomic E-state index is 5.41. The molecule has 1 aliphatic rings. The molecule has 0 bridgehead atoms. The Morgan fingerprint density at radius 1 is 1.73 bits per heavy atom. The van der Waals surface area contributed by atoms with Gasteiger partial charge in [-0.2, -0.15) is 0 Å². The zero-order chi connectivity index (χ0) is 7.84. The van der Waals surface area contributed by atoms with Gasteiger partial charge < -0.3 is 10.3 Å². The predicted octanol–water partition coefficient (Wildman–Crippen LogP) is 1.77. The molecule has 60 valence electrons. The summed E-state index contributed by atoms with van der Waals surface area (Å²) in [7, 11) is 0. The smallest absolute Gasteiger partial charge is 0.222 e. The van der Waals surface area contributed by atoms with Crippen molar-refractivity contribution in [1.29, 1.82) is 0 Å². The zero-order valence-electron chi connectivity index (χ0n) is 6.58. The number of nitrogens with two attached hydrogens (primary N) is 1. The lowest BCUT2D eigenvalue weighted by atomic mass is 10.0. The van der Waals surface area contributed by atoms with E-state index in [2.05, 4.69) is 12.1 Å². The quantitative estimate of drug-likeness (QED) is 0.702. The second-order valence-electron chi connectivity index (χ2n) is 3.28. The molecule has 1 fully saturated rings. The lowest BCUT2D eigenvalue weighted by Crippen LogP contribution is -1.94. The molecule has 0 unspecified atom stereocenters. The average molecular weight is 152 g/mol. The van der Waals surface area contributed by atoms with E-state index in [9.17, 15) is 0 Å². The summed E-state index contributed by atoms with van der Waals surface area (Å²) in [5.41, 5.74) is 6.41. The Morgan fingerprint density at radius 3 is 2.91 bits per heavy atom. The molecule has 0 saturated heterocycles. The van der Waals surface area contributed by atoms with E-state index in [1.807, 2.05) is 6.07 Å². The molecule has 1 atom stereocenters. The first-order valence-corrected chi connectivity index (χ1v) is 3.99. The van der Waals surface area contributed by atoms with Crippen molar-refractivity contribution < 1.29 is 4.52 Å². The molecule has 1 heterocycles. The fraction of sp³-hybridized carbons (Fsp3) is 0.625. The maximum Gasteiger partial charge on any atom is 0.222 e. The van der Waals surface area contributed by atoms with Crippen molar-refractivity contribution in [2.75, 3.05) is 5.73 Å². The first kappa shape index (κ1) is 6.70. The fourth-order valence-corrected chi connectivity index (χ4v) is 1.36. The molecular formula is C8H12N2O. The summed E-state index contributed by atoms with van der Waals surface area (Å²) < 4.78 is 4.79. The molecule has 0 radical (unpaired) electrons. The lowest BCUT2D eigenvalue weighted by molar-refractivity contribution is 0.417. The highest BCUT2D eigenvalue weighted by atomic mass is 16.5. The normalized spacial score (nSPS) is 20.1. The standard InChI is InChI=1S/C8H12N2O/c1-5(6-2-3-6)7-4-8(9)11-10-7/h4-6H,2-3,9H2,1H3/t5-/m1/s1. The second-order valence-corrected chi connectivity index (χ2v) is 3.28. The summed E-state index contributed by atoms with van der Waals surface area (Å²) in [4.78, 5) is 0. The van der Waals surface area contributed by atoms with Crippen LogP contribution in [0.5, 0.6) is 0 Å². The number of nitrogen functional groups attached to an aromatic ring is 1. The number of anilines is 1. The third-order valence-corrected chi connectivity index (χ3v) is 2.34. The molecule has 0 aliphatic heterocycles. The van der Waals surface area contributed by atoms with E-state index < -0.39 is 0 Å². The Balaban J connectivity index is 2.14. The Hall–Kier alpha value is -0.990. The van der Waals surface area contributed by atoms with E-state index in [0.717, 1.165) is 11.6 Å². The average Bonchev–Trinajstić information content (AvgIpc) is 2.74. The highest BCUT2D eigenvalue weighted by molar-refractivity contribution is 5.26. The largest absolute Gasteiger partial charge is 0.368 e. The van der Waals surface area contributed by atoms with Gasteiger partial charge in [-0.15, -0.1) is 0 Å². The summed E-state index contributed by atoms with van der Waals surface area (Å²) >= 11 is 0. The highest BCUT2D eigenvalue weighted by Crippen LogP contribution is 2.41. The van der Waals surface area contributed by atoms with Crippen LogP contribution < -0.4 is 5.73 Å². The summed E-state index contributed by atoms with van der Waals surface area (Å²) in [6.45, 7) is 2.18. The van der Waals surface area contributed by atoms with Crippen LogP contribution in [0.1, 0.15) is 31.4 Å². The van der Waals surface area contributed by atoms with Gasteiger partial charge in [0.25, 0.3) is 0 Å². The molecule has 3 heteroatoms. The molecule has 1 saturated carbocycles. The van der Waals surface area contributed by atoms with Gasteiger partial charge in [-0.3, -0.25) is 0 Å². The number of hydrogen-bond donors (Lipinski definition) is 1. The molecule has 0 aromatic carbocycles. The summed E-state index contributed by atoms with van der Waals surface area (Å²) in [5, 5.41) is 3.88. The van der Waals surface area contributed by atoms with E-state index in [1.165, 1.54) is 12.8 Å². The molecule has 0 amide bonds. The van der Waals surface area contributed by atoms with Crippen LogP contribution in [0.2, 0.25) is 0 Å². The molecule has 2 N–H and O–H groups in total. The van der Waals surface area contributed by atoms with Crippen molar-refractivity contribution in [2.45, 2.75) is 25.7 Å². The first-order valence-electron chi connectivity index (χ1n) is 3.99. The topological polar surface area (TPSA) is 52.0 Å². The number of aromatic nitrogens is 1. The van der Waals surface area contributed by atoms with Gasteiger partial charge in [0.1, 0.15) is 0 Å². The van der Waals surface area contributed by atoms with Gasteiger partial charge in [-0.05, 0) is 18.8 Å². The Morgan fingerprint density at radius 2 is 2.45 bits per heavy atom. The van der Waals surface area contributed by atoms with Gasteiger partial charge in [0.2, 0.25) is 5.88 Å². The van der Waals surface area contributed by atoms with E-state index >= 15 is 0 Å². The van der Waals surface area contributed by atoms with Crippen LogP contribution in [0, 0.1) is 5.92 Å². The van der Waals surface area contributed by atoms with Crippen molar-refractivity contribution in [3.8, 4) is 0 Å². The number of hydrogen-bond acceptors (Lipinski definition) is 3. The van der Waals surface area contributed by atoms with Crippen LogP contribution in [0.4, 0.5) is 5.88 Å². The SMILES string of the molecule is C[C@@H](c1cc(N)on1)C1CC1. The summed E-state index contributed by atoms with van der Waals surface area (Å²) in [6.07, 6.45) is 2.65. The fourth-order valence-electron chi connectivity index (χ4n) is 1.36. The minimum absolute atomic E-state index is 0.424. The van der Waals surface area contributed by atoms with Crippen molar-refractivity contribution in [3.63, 3.8) is 0 Å². The minimum Gasteiger partial charge on any atom is -0.368 e. The molecule has 0 spiro atoms. The van der Waals surface area contributed by atoms with E-state index in [0.29, 0.717) is 11.8 Å². The lowest BCUT2D eigenvalue weighted by Gasteiger charge is -2.02. The first-order chi connectivity index (χ1) is 5.27. The summed E-state index contributed by atoms with van der Waals surface area (Å²) in [6, 6.07) is 1.82. The monoisotopic (exact) mass is 152 g/mol. The van der Waals surface area contributed by atoms with Gasteiger partial charge in [-0.1, -0.05) is 12.1 Å². The highest BCUT2D eigenvalue weighted by Gasteiger charge is 2.30. The molecule has 1 aliphatic carbocycles. The van der Waals surface area contributed by atoms with Gasteiger partial charge in [0, 0.05) is 12.0 Å². The third kappa shape index (κ3) is 1.23. The second kappa shape index (κ2) is 2.26. The molecular weight excluding hydrogens is 140 g/mol. The van der Waals surface area contributed by atoms with Gasteiger partial charge >= 0.3 is 0 Å². The molecule has 1 aromatic heterocycles. The van der Waals surface area contributed by atoms with E-state index in [1.54, 1.807) is 0 Å². The van der Waals surface area contributed by atoms with Crippen LogP contribution in [-0.2, 0) is 0 Å². The molecule has 3 nitrogen and oxygen atoms in total. The minimum atomic E-state index is 0.424. The zero-order valence-corrected chi connectivity index (χ0v) is 6.58. The van der Waals surface area contributed by atoms with Gasteiger partial charge in [0.05, 0.1) is 5.69 Å². The van der Waals surface area contributed by atoms with Crippen molar-refractivity contribution >= 4 is 5.88 Å². The van der Waals surface area contributed by atoms with Crippen LogP contribution in [0.15, 0.2) is 10.6 Å². The van der Waals surface area contributed by atoms with Crippen molar-refractivity contribution in [3.05, 3.63) is 11.8 Å². The molecule has 2 rings (SSSR count). The molecule has 11 heavy (non-hydrogen) atoms. The predicted molar refractivity (Wildman–Crippen MR) is 42.1 cm³/mol. The summed E-state index contributed by atoms with van der Waals surface area (Å²) in [5.74, 6) is 1.77. The number of rotatable bonds is 2. The Kier molecular flexibility index (Phi) is 1.37. The maximum absolute atomic E-state index is 5.41. The number of nitrogens with zero attached hydrogens (tertiary/aromatic N) is 1. The van der Waals surface area contributed by atoms with Gasteiger partial charge in [-0.25, -0.2) is 0 Å². The van der Waals surface area contributed by atoms with Crippen molar-refractivity contribution in [2.24, 2.45) is 5.92 Å². The molecule has 1 aromatic rings.